The number of carbonyl (C=O) groups is 3. The summed E-state index contributed by atoms with van der Waals surface area (Å²) in [6.45, 7) is 1.19. The van der Waals surface area contributed by atoms with Crippen molar-refractivity contribution in [3.63, 3.8) is 0 Å². The fourth-order valence-electron chi connectivity index (χ4n) is 2.19. The van der Waals surface area contributed by atoms with Crippen LogP contribution in [0.2, 0.25) is 10.0 Å². The highest BCUT2D eigenvalue weighted by Crippen LogP contribution is 2.28. The van der Waals surface area contributed by atoms with Crippen molar-refractivity contribution < 1.29 is 19.5 Å². The molecule has 0 heterocycles. The van der Waals surface area contributed by atoms with E-state index in [2.05, 4.69) is 5.32 Å². The molecule has 2 rings (SSSR count). The van der Waals surface area contributed by atoms with Gasteiger partial charge in [0.1, 0.15) is 6.04 Å². The number of amides is 2. The molecular weight excluding hydrogens is 343 g/mol. The van der Waals surface area contributed by atoms with Gasteiger partial charge in [0.15, 0.2) is 0 Å². The summed E-state index contributed by atoms with van der Waals surface area (Å²) in [5, 5.41) is 12.1. The van der Waals surface area contributed by atoms with Gasteiger partial charge in [-0.05, 0) is 38.0 Å². The summed E-state index contributed by atoms with van der Waals surface area (Å²) in [7, 11) is 0. The minimum Gasteiger partial charge on any atom is -0.480 e. The van der Waals surface area contributed by atoms with Crippen LogP contribution in [0.15, 0.2) is 18.2 Å². The average molecular weight is 359 g/mol. The Hall–Kier alpha value is -1.79. The maximum Gasteiger partial charge on any atom is 0.326 e. The van der Waals surface area contributed by atoms with E-state index in [9.17, 15) is 14.4 Å². The lowest BCUT2D eigenvalue weighted by Gasteiger charge is -2.26. The van der Waals surface area contributed by atoms with Crippen molar-refractivity contribution >= 4 is 41.0 Å². The maximum atomic E-state index is 12.2. The summed E-state index contributed by atoms with van der Waals surface area (Å²) in [5.41, 5.74) is 0.274. The number of hydrogen-bond donors (Lipinski definition) is 2. The summed E-state index contributed by atoms with van der Waals surface area (Å²) in [4.78, 5) is 36.7. The van der Waals surface area contributed by atoms with Crippen molar-refractivity contribution in [2.45, 2.75) is 31.8 Å². The normalized spacial score (nSPS) is 14.9. The van der Waals surface area contributed by atoms with Crippen LogP contribution < -0.4 is 5.32 Å². The zero-order chi connectivity index (χ0) is 17.1. The Morgan fingerprint density at radius 1 is 1.30 bits per heavy atom. The molecule has 1 aromatic rings. The predicted octanol–water partition coefficient (Wildman–Crippen LogP) is 2.19. The number of benzene rings is 1. The van der Waals surface area contributed by atoms with Crippen molar-refractivity contribution in [2.24, 2.45) is 0 Å². The summed E-state index contributed by atoms with van der Waals surface area (Å²) in [5.74, 6) is -1.97. The van der Waals surface area contributed by atoms with Gasteiger partial charge in [0.25, 0.3) is 5.91 Å². The lowest BCUT2D eigenvalue weighted by molar-refractivity contribution is -0.149. The van der Waals surface area contributed by atoms with Crippen LogP contribution in [0.3, 0.4) is 0 Å². The first-order valence-electron chi connectivity index (χ1n) is 7.08. The monoisotopic (exact) mass is 358 g/mol. The van der Waals surface area contributed by atoms with Gasteiger partial charge in [0.05, 0.1) is 16.6 Å². The minimum absolute atomic E-state index is 0.0597. The Kier molecular flexibility index (Phi) is 5.49. The van der Waals surface area contributed by atoms with Crippen molar-refractivity contribution in [3.05, 3.63) is 33.8 Å². The zero-order valence-electron chi connectivity index (χ0n) is 12.4. The molecule has 0 aliphatic heterocycles. The van der Waals surface area contributed by atoms with Crippen LogP contribution in [0.1, 0.15) is 30.1 Å². The number of halogens is 2. The molecule has 1 aromatic carbocycles. The lowest BCUT2D eigenvalue weighted by Crippen LogP contribution is -2.48. The van der Waals surface area contributed by atoms with Gasteiger partial charge in [0, 0.05) is 11.6 Å². The zero-order valence-corrected chi connectivity index (χ0v) is 13.9. The van der Waals surface area contributed by atoms with E-state index < -0.39 is 23.8 Å². The molecule has 1 unspecified atom stereocenters. The van der Waals surface area contributed by atoms with Gasteiger partial charge in [0.2, 0.25) is 5.91 Å². The lowest BCUT2D eigenvalue weighted by atomic mass is 10.2. The van der Waals surface area contributed by atoms with Crippen LogP contribution in [0, 0.1) is 0 Å². The van der Waals surface area contributed by atoms with Crippen molar-refractivity contribution in [3.8, 4) is 0 Å². The number of carbonyl (C=O) groups excluding carboxylic acids is 2. The first kappa shape index (κ1) is 17.6. The second-order valence-electron chi connectivity index (χ2n) is 5.36. The second-order valence-corrected chi connectivity index (χ2v) is 6.17. The van der Waals surface area contributed by atoms with Crippen LogP contribution in [-0.4, -0.2) is 46.4 Å². The van der Waals surface area contributed by atoms with Gasteiger partial charge in [-0.25, -0.2) is 4.79 Å². The third-order valence-electron chi connectivity index (χ3n) is 3.58. The predicted molar refractivity (Wildman–Crippen MR) is 85.8 cm³/mol. The highest BCUT2D eigenvalue weighted by atomic mass is 35.5. The molecule has 124 valence electrons. The van der Waals surface area contributed by atoms with Gasteiger partial charge < -0.3 is 15.3 Å². The SMILES string of the molecule is CC(C(=O)O)N(C(=O)CNC(=O)c1ccc(Cl)c(Cl)c1)C1CC1. The number of carboxylic acids is 1. The number of aliphatic carboxylic acids is 1. The molecule has 0 radical (unpaired) electrons. The third kappa shape index (κ3) is 4.36. The maximum absolute atomic E-state index is 12.2. The van der Waals surface area contributed by atoms with Crippen molar-refractivity contribution in [1.29, 1.82) is 0 Å². The summed E-state index contributed by atoms with van der Waals surface area (Å²) in [6.07, 6.45) is 1.56. The van der Waals surface area contributed by atoms with E-state index >= 15 is 0 Å². The standard InChI is InChI=1S/C15H16Cl2N2O4/c1-8(15(22)23)19(10-3-4-10)13(20)7-18-14(21)9-2-5-11(16)12(17)6-9/h2,5-6,8,10H,3-4,7H2,1H3,(H,18,21)(H,22,23). The molecule has 0 saturated heterocycles. The van der Waals surface area contributed by atoms with E-state index in [1.807, 2.05) is 0 Å². The number of hydrogen-bond acceptors (Lipinski definition) is 3. The van der Waals surface area contributed by atoms with Crippen LogP contribution in [-0.2, 0) is 9.59 Å². The summed E-state index contributed by atoms with van der Waals surface area (Å²) >= 11 is 11.6. The Bertz CT molecular complexity index is 646. The number of nitrogens with zero attached hydrogens (tertiary/aromatic N) is 1. The van der Waals surface area contributed by atoms with Crippen LogP contribution in [0.5, 0.6) is 0 Å². The molecular formula is C15H16Cl2N2O4. The first-order chi connectivity index (χ1) is 10.8. The van der Waals surface area contributed by atoms with Gasteiger partial charge in [-0.15, -0.1) is 0 Å². The van der Waals surface area contributed by atoms with Gasteiger partial charge in [-0.3, -0.25) is 9.59 Å². The van der Waals surface area contributed by atoms with Crippen LogP contribution in [0.25, 0.3) is 0 Å². The summed E-state index contributed by atoms with van der Waals surface area (Å²) in [6, 6.07) is 3.41. The van der Waals surface area contributed by atoms with E-state index in [0.29, 0.717) is 5.02 Å². The van der Waals surface area contributed by atoms with E-state index in [4.69, 9.17) is 28.3 Å². The molecule has 8 heteroatoms. The number of nitrogens with one attached hydrogen (secondary N) is 1. The smallest absolute Gasteiger partial charge is 0.326 e. The molecule has 1 atom stereocenters. The first-order valence-corrected chi connectivity index (χ1v) is 7.84. The van der Waals surface area contributed by atoms with Gasteiger partial charge in [-0.2, -0.15) is 0 Å². The van der Waals surface area contributed by atoms with E-state index in [-0.39, 0.29) is 23.2 Å². The van der Waals surface area contributed by atoms with Gasteiger partial charge >= 0.3 is 5.97 Å². The molecule has 1 saturated carbocycles. The average Bonchev–Trinajstić information content (AvgIpc) is 3.32. The quantitative estimate of drug-likeness (QED) is 0.815. The Morgan fingerprint density at radius 2 is 1.96 bits per heavy atom. The molecule has 6 nitrogen and oxygen atoms in total. The molecule has 2 amide bonds. The Balaban J connectivity index is 1.98. The topological polar surface area (TPSA) is 86.7 Å². The number of rotatable bonds is 6. The Labute approximate surface area is 143 Å². The fourth-order valence-corrected chi connectivity index (χ4v) is 2.49. The molecule has 1 aliphatic rings. The number of carboxylic acid groups (broad SMARTS) is 1. The largest absolute Gasteiger partial charge is 0.480 e. The molecule has 0 spiro atoms. The van der Waals surface area contributed by atoms with E-state index in [1.54, 1.807) is 0 Å². The molecule has 23 heavy (non-hydrogen) atoms. The Morgan fingerprint density at radius 3 is 2.48 bits per heavy atom. The van der Waals surface area contributed by atoms with E-state index in [1.165, 1.54) is 30.0 Å². The van der Waals surface area contributed by atoms with Gasteiger partial charge in [-0.1, -0.05) is 23.2 Å². The van der Waals surface area contributed by atoms with Crippen LogP contribution in [0.4, 0.5) is 0 Å². The van der Waals surface area contributed by atoms with Crippen molar-refractivity contribution in [2.75, 3.05) is 6.54 Å². The minimum atomic E-state index is -1.07. The molecule has 0 aromatic heterocycles. The highest BCUT2D eigenvalue weighted by molar-refractivity contribution is 6.42. The summed E-state index contributed by atoms with van der Waals surface area (Å²) < 4.78 is 0. The molecule has 1 fully saturated rings. The second kappa shape index (κ2) is 7.19. The van der Waals surface area contributed by atoms with Crippen molar-refractivity contribution in [1.82, 2.24) is 10.2 Å². The van der Waals surface area contributed by atoms with E-state index in [0.717, 1.165) is 12.8 Å². The molecule has 1 aliphatic carbocycles. The molecule has 0 bridgehead atoms. The molecule has 2 N–H and O–H groups in total. The fraction of sp³-hybridized carbons (Fsp3) is 0.400. The highest BCUT2D eigenvalue weighted by Gasteiger charge is 2.38. The third-order valence-corrected chi connectivity index (χ3v) is 4.32. The van der Waals surface area contributed by atoms with Crippen LogP contribution >= 0.6 is 23.2 Å².